The molecule has 1 aromatic carbocycles. The number of hydrogen-bond donors (Lipinski definition) is 0. The van der Waals surface area contributed by atoms with Gasteiger partial charge in [0.2, 0.25) is 0 Å². The van der Waals surface area contributed by atoms with Crippen molar-refractivity contribution < 1.29 is 0 Å². The van der Waals surface area contributed by atoms with Gasteiger partial charge < -0.3 is 0 Å². The van der Waals surface area contributed by atoms with Crippen molar-refractivity contribution in [3.63, 3.8) is 0 Å². The Bertz CT molecular complexity index is 447. The normalized spacial score (nSPS) is 11.7. The number of thiophene rings is 1. The summed E-state index contributed by atoms with van der Waals surface area (Å²) in [6.45, 7) is 0. The van der Waals surface area contributed by atoms with Crippen LogP contribution in [0.2, 0.25) is 0 Å². The fourth-order valence-corrected chi connectivity index (χ4v) is 4.92. The topological polar surface area (TPSA) is 0 Å². The molecule has 2 aromatic rings. The molecule has 0 bridgehead atoms. The summed E-state index contributed by atoms with van der Waals surface area (Å²) in [7, 11) is 0. The Morgan fingerprint density at radius 3 is 2.22 bits per heavy atom. The molecule has 0 amide bonds. The zero-order chi connectivity index (χ0) is 12.8. The zero-order valence-corrected chi connectivity index (χ0v) is 14.1. The third kappa shape index (κ3) is 3.25. The van der Waals surface area contributed by atoms with E-state index >= 15 is 0 Å². The predicted octanol–water partition coefficient (Wildman–Crippen LogP) is 5.41. The molecule has 0 aliphatic carbocycles. The van der Waals surface area contributed by atoms with Crippen molar-refractivity contribution in [1.82, 2.24) is 0 Å². The molecule has 0 nitrogen and oxygen atoms in total. The molecule has 0 fully saturated rings. The van der Waals surface area contributed by atoms with Gasteiger partial charge in [-0.05, 0) is 29.9 Å². The van der Waals surface area contributed by atoms with E-state index in [1.165, 1.54) is 10.4 Å². The van der Waals surface area contributed by atoms with Gasteiger partial charge in [-0.25, -0.2) is 0 Å². The van der Waals surface area contributed by atoms with E-state index in [0.717, 1.165) is 23.5 Å². The second-order valence-corrected chi connectivity index (χ2v) is 6.65. The molecule has 0 radical (unpaired) electrons. The largest absolute Gasteiger partial charge is 0.149 e. The van der Waals surface area contributed by atoms with Crippen LogP contribution in [0, 0.1) is 0 Å². The Labute approximate surface area is 130 Å². The maximum absolute atomic E-state index is 3.71. The lowest BCUT2D eigenvalue weighted by atomic mass is 9.80. The van der Waals surface area contributed by atoms with E-state index in [2.05, 4.69) is 79.7 Å². The maximum atomic E-state index is 3.71. The SMILES string of the molecule is BrCC(CBr)(CCc1cccs1)c1ccccc1. The van der Waals surface area contributed by atoms with Gasteiger partial charge in [0.05, 0.1) is 0 Å². The molecule has 18 heavy (non-hydrogen) atoms. The van der Waals surface area contributed by atoms with E-state index in [-0.39, 0.29) is 5.41 Å². The van der Waals surface area contributed by atoms with Gasteiger partial charge in [0.15, 0.2) is 0 Å². The molecule has 0 saturated carbocycles. The molecule has 0 spiro atoms. The summed E-state index contributed by atoms with van der Waals surface area (Å²) in [6, 6.07) is 15.2. The third-order valence-electron chi connectivity index (χ3n) is 3.33. The van der Waals surface area contributed by atoms with E-state index in [4.69, 9.17) is 0 Å². The minimum atomic E-state index is 0.186. The Hall–Kier alpha value is -0.120. The molecule has 2 rings (SSSR count). The lowest BCUT2D eigenvalue weighted by molar-refractivity contribution is 0.507. The molecule has 0 atom stereocenters. The van der Waals surface area contributed by atoms with Crippen molar-refractivity contribution in [3.05, 3.63) is 58.3 Å². The summed E-state index contributed by atoms with van der Waals surface area (Å²) in [5, 5.41) is 4.13. The lowest BCUT2D eigenvalue weighted by Crippen LogP contribution is -2.30. The minimum Gasteiger partial charge on any atom is -0.149 e. The molecule has 3 heteroatoms. The monoisotopic (exact) mass is 386 g/mol. The first-order valence-electron chi connectivity index (χ1n) is 6.00. The smallest absolute Gasteiger partial charge is 0.0150 e. The molecule has 96 valence electrons. The third-order valence-corrected chi connectivity index (χ3v) is 6.41. The van der Waals surface area contributed by atoms with Crippen molar-refractivity contribution >= 4 is 43.2 Å². The number of halogens is 2. The second kappa shape index (κ2) is 6.88. The molecule has 0 saturated heterocycles. The quantitative estimate of drug-likeness (QED) is 0.581. The molecule has 1 heterocycles. The number of rotatable bonds is 6. The first kappa shape index (κ1) is 14.3. The Kier molecular flexibility index (Phi) is 5.46. The molecule has 0 N–H and O–H groups in total. The van der Waals surface area contributed by atoms with Gasteiger partial charge in [-0.3, -0.25) is 0 Å². The van der Waals surface area contributed by atoms with Crippen LogP contribution in [0.5, 0.6) is 0 Å². The molecule has 0 unspecified atom stereocenters. The van der Waals surface area contributed by atoms with Gasteiger partial charge in [0, 0.05) is 21.0 Å². The van der Waals surface area contributed by atoms with Crippen molar-refractivity contribution in [3.8, 4) is 0 Å². The number of benzene rings is 1. The van der Waals surface area contributed by atoms with Gasteiger partial charge in [-0.2, -0.15) is 0 Å². The summed E-state index contributed by atoms with van der Waals surface area (Å²) in [4.78, 5) is 1.47. The van der Waals surface area contributed by atoms with E-state index in [1.807, 2.05) is 11.3 Å². The van der Waals surface area contributed by atoms with Crippen LogP contribution in [0.25, 0.3) is 0 Å². The Morgan fingerprint density at radius 2 is 1.67 bits per heavy atom. The van der Waals surface area contributed by atoms with Crippen molar-refractivity contribution in [2.45, 2.75) is 18.3 Å². The van der Waals surface area contributed by atoms with E-state index in [0.29, 0.717) is 0 Å². The van der Waals surface area contributed by atoms with Gasteiger partial charge in [0.1, 0.15) is 0 Å². The summed E-state index contributed by atoms with van der Waals surface area (Å²) in [5.74, 6) is 0. The van der Waals surface area contributed by atoms with Crippen LogP contribution in [-0.2, 0) is 11.8 Å². The van der Waals surface area contributed by atoms with Gasteiger partial charge >= 0.3 is 0 Å². The van der Waals surface area contributed by atoms with Crippen molar-refractivity contribution in [1.29, 1.82) is 0 Å². The Balaban J connectivity index is 2.16. The summed E-state index contributed by atoms with van der Waals surface area (Å²) in [6.07, 6.45) is 2.30. The van der Waals surface area contributed by atoms with Crippen LogP contribution < -0.4 is 0 Å². The van der Waals surface area contributed by atoms with Crippen LogP contribution in [0.15, 0.2) is 47.8 Å². The molecular weight excluding hydrogens is 372 g/mol. The van der Waals surface area contributed by atoms with Crippen LogP contribution in [0.1, 0.15) is 16.9 Å². The maximum Gasteiger partial charge on any atom is 0.0150 e. The molecule has 0 aliphatic heterocycles. The zero-order valence-electron chi connectivity index (χ0n) is 10.1. The fraction of sp³-hybridized carbons (Fsp3) is 0.333. The molecule has 1 aromatic heterocycles. The van der Waals surface area contributed by atoms with Crippen molar-refractivity contribution in [2.24, 2.45) is 0 Å². The lowest BCUT2D eigenvalue weighted by Gasteiger charge is -2.30. The highest BCUT2D eigenvalue weighted by Crippen LogP contribution is 2.34. The van der Waals surface area contributed by atoms with Crippen molar-refractivity contribution in [2.75, 3.05) is 10.7 Å². The summed E-state index contributed by atoms with van der Waals surface area (Å²) in [5.41, 5.74) is 1.60. The van der Waals surface area contributed by atoms with Crippen LogP contribution in [0.4, 0.5) is 0 Å². The standard InChI is InChI=1S/C15H16Br2S/c16-11-15(12-17,13-5-2-1-3-6-13)9-8-14-7-4-10-18-14/h1-7,10H,8-9,11-12H2. The van der Waals surface area contributed by atoms with E-state index in [9.17, 15) is 0 Å². The van der Waals surface area contributed by atoms with Gasteiger partial charge in [-0.1, -0.05) is 68.3 Å². The number of hydrogen-bond acceptors (Lipinski definition) is 1. The van der Waals surface area contributed by atoms with Gasteiger partial charge in [0.25, 0.3) is 0 Å². The molecular formula is C15H16Br2S. The number of alkyl halides is 2. The highest BCUT2D eigenvalue weighted by molar-refractivity contribution is 9.09. The number of aryl methyl sites for hydroxylation is 1. The average molecular weight is 388 g/mol. The predicted molar refractivity (Wildman–Crippen MR) is 88.3 cm³/mol. The van der Waals surface area contributed by atoms with Crippen LogP contribution in [0.3, 0.4) is 0 Å². The summed E-state index contributed by atoms with van der Waals surface area (Å²) < 4.78 is 0. The van der Waals surface area contributed by atoms with E-state index in [1.54, 1.807) is 0 Å². The first-order chi connectivity index (χ1) is 8.80. The van der Waals surface area contributed by atoms with Gasteiger partial charge in [-0.15, -0.1) is 11.3 Å². The second-order valence-electron chi connectivity index (χ2n) is 4.49. The van der Waals surface area contributed by atoms with E-state index < -0.39 is 0 Å². The molecule has 0 aliphatic rings. The fourth-order valence-electron chi connectivity index (χ4n) is 2.08. The Morgan fingerprint density at radius 1 is 0.944 bits per heavy atom. The minimum absolute atomic E-state index is 0.186. The summed E-state index contributed by atoms with van der Waals surface area (Å²) >= 11 is 9.26. The van der Waals surface area contributed by atoms with Crippen LogP contribution in [-0.4, -0.2) is 10.7 Å². The van der Waals surface area contributed by atoms with Crippen LogP contribution >= 0.6 is 43.2 Å². The average Bonchev–Trinajstić information content (AvgIpc) is 2.95. The highest BCUT2D eigenvalue weighted by atomic mass is 79.9. The highest BCUT2D eigenvalue weighted by Gasteiger charge is 2.29. The first-order valence-corrected chi connectivity index (χ1v) is 9.13.